The van der Waals surface area contributed by atoms with E-state index in [2.05, 4.69) is 21.2 Å². The van der Waals surface area contributed by atoms with Gasteiger partial charge < -0.3 is 10.4 Å². The Morgan fingerprint density at radius 2 is 1.80 bits per heavy atom. The Balaban J connectivity index is 2.41. The van der Waals surface area contributed by atoms with E-state index in [0.717, 1.165) is 12.1 Å². The minimum absolute atomic E-state index is 0.398. The van der Waals surface area contributed by atoms with Crippen molar-refractivity contribution in [1.29, 1.82) is 0 Å². The third-order valence-electron chi connectivity index (χ3n) is 2.48. The van der Waals surface area contributed by atoms with Gasteiger partial charge >= 0.3 is 5.97 Å². The van der Waals surface area contributed by atoms with E-state index in [4.69, 9.17) is 16.7 Å². The van der Waals surface area contributed by atoms with Gasteiger partial charge in [0.2, 0.25) is 0 Å². The van der Waals surface area contributed by atoms with Gasteiger partial charge in [-0.1, -0.05) is 11.6 Å². The maximum atomic E-state index is 13.8. The molecule has 0 saturated carbocycles. The second kappa shape index (κ2) is 5.76. The summed E-state index contributed by atoms with van der Waals surface area (Å²) < 4.78 is 28.0. The van der Waals surface area contributed by atoms with Gasteiger partial charge in [0.15, 0.2) is 11.6 Å². The molecule has 2 N–H and O–H groups in total. The molecule has 20 heavy (non-hydrogen) atoms. The minimum Gasteiger partial charge on any atom is -0.478 e. The number of nitrogens with one attached hydrogen (secondary N) is 1. The molecule has 0 atom stereocenters. The zero-order valence-corrected chi connectivity index (χ0v) is 12.1. The van der Waals surface area contributed by atoms with E-state index in [-0.39, 0.29) is 0 Å². The Hall–Kier alpha value is -1.66. The van der Waals surface area contributed by atoms with Crippen molar-refractivity contribution in [2.75, 3.05) is 5.32 Å². The Labute approximate surface area is 126 Å². The van der Waals surface area contributed by atoms with Crippen LogP contribution in [-0.4, -0.2) is 11.1 Å². The van der Waals surface area contributed by atoms with Crippen LogP contribution in [0, 0.1) is 11.6 Å². The standard InChI is InChI=1S/C13H7BrClF2NO2/c14-8-5-7(15)1-2-11(8)18-12-9(16)3-6(13(19)20)4-10(12)17/h1-5,18H,(H,19,20). The lowest BCUT2D eigenvalue weighted by Crippen LogP contribution is -2.03. The van der Waals surface area contributed by atoms with Crippen LogP contribution in [-0.2, 0) is 0 Å². The number of aromatic carboxylic acids is 1. The van der Waals surface area contributed by atoms with Crippen LogP contribution >= 0.6 is 27.5 Å². The number of carboxylic acids is 1. The number of carbonyl (C=O) groups is 1. The van der Waals surface area contributed by atoms with Gasteiger partial charge in [0.1, 0.15) is 5.69 Å². The molecule has 2 aromatic rings. The quantitative estimate of drug-likeness (QED) is 0.823. The lowest BCUT2D eigenvalue weighted by molar-refractivity contribution is 0.0696. The van der Waals surface area contributed by atoms with Crippen LogP contribution in [0.25, 0.3) is 0 Å². The zero-order chi connectivity index (χ0) is 14.9. The van der Waals surface area contributed by atoms with Crippen LogP contribution in [0.3, 0.4) is 0 Å². The largest absolute Gasteiger partial charge is 0.478 e. The first kappa shape index (κ1) is 14.7. The summed E-state index contributed by atoms with van der Waals surface area (Å²) in [6, 6.07) is 6.15. The molecule has 0 amide bonds. The van der Waals surface area contributed by atoms with E-state index in [9.17, 15) is 13.6 Å². The van der Waals surface area contributed by atoms with Crippen LogP contribution < -0.4 is 5.32 Å². The summed E-state index contributed by atoms with van der Waals surface area (Å²) in [5.74, 6) is -3.39. The maximum Gasteiger partial charge on any atom is 0.335 e. The third kappa shape index (κ3) is 3.08. The lowest BCUT2D eigenvalue weighted by atomic mass is 10.2. The molecule has 0 aliphatic heterocycles. The first-order valence-electron chi connectivity index (χ1n) is 5.33. The summed E-state index contributed by atoms with van der Waals surface area (Å²) in [5, 5.41) is 11.7. The Bertz CT molecular complexity index is 671. The number of hydrogen-bond donors (Lipinski definition) is 2. The summed E-state index contributed by atoms with van der Waals surface area (Å²) in [6.07, 6.45) is 0. The summed E-state index contributed by atoms with van der Waals surface area (Å²) in [5.41, 5.74) is -0.492. The Morgan fingerprint density at radius 1 is 1.20 bits per heavy atom. The number of halogens is 4. The molecule has 0 unspecified atom stereocenters. The molecule has 0 spiro atoms. The maximum absolute atomic E-state index is 13.8. The monoisotopic (exact) mass is 361 g/mol. The first-order valence-corrected chi connectivity index (χ1v) is 6.50. The fraction of sp³-hybridized carbons (Fsp3) is 0. The molecule has 7 heteroatoms. The molecular weight excluding hydrogens is 356 g/mol. The van der Waals surface area contributed by atoms with Crippen molar-refractivity contribution in [3.63, 3.8) is 0 Å². The summed E-state index contributed by atoms with van der Waals surface area (Å²) in [7, 11) is 0. The van der Waals surface area contributed by atoms with E-state index in [0.29, 0.717) is 15.2 Å². The van der Waals surface area contributed by atoms with E-state index in [1.165, 1.54) is 6.07 Å². The first-order chi connectivity index (χ1) is 9.38. The average molecular weight is 363 g/mol. The van der Waals surface area contributed by atoms with Crippen LogP contribution in [0.2, 0.25) is 5.02 Å². The van der Waals surface area contributed by atoms with Crippen LogP contribution in [0.5, 0.6) is 0 Å². The molecule has 0 aliphatic carbocycles. The molecule has 2 rings (SSSR count). The number of rotatable bonds is 3. The normalized spacial score (nSPS) is 10.4. The van der Waals surface area contributed by atoms with Crippen molar-refractivity contribution in [3.05, 3.63) is 57.0 Å². The lowest BCUT2D eigenvalue weighted by Gasteiger charge is -2.11. The molecule has 0 aromatic heterocycles. The predicted molar refractivity (Wildman–Crippen MR) is 75.8 cm³/mol. The summed E-state index contributed by atoms with van der Waals surface area (Å²) in [6.45, 7) is 0. The molecule has 0 aliphatic rings. The number of benzene rings is 2. The van der Waals surface area contributed by atoms with Crippen LogP contribution in [0.15, 0.2) is 34.8 Å². The molecule has 3 nitrogen and oxygen atoms in total. The second-order valence-electron chi connectivity index (χ2n) is 3.87. The molecule has 2 aromatic carbocycles. The molecule has 0 heterocycles. The summed E-state index contributed by atoms with van der Waals surface area (Å²) >= 11 is 8.97. The minimum atomic E-state index is -1.40. The van der Waals surface area contributed by atoms with E-state index in [1.807, 2.05) is 0 Å². The van der Waals surface area contributed by atoms with Gasteiger partial charge in [0.25, 0.3) is 0 Å². The Morgan fingerprint density at radius 3 is 2.30 bits per heavy atom. The molecular formula is C13H7BrClF2NO2. The van der Waals surface area contributed by atoms with Gasteiger partial charge in [-0.15, -0.1) is 0 Å². The number of carboxylic acid groups (broad SMARTS) is 1. The average Bonchev–Trinajstić information content (AvgIpc) is 2.35. The second-order valence-corrected chi connectivity index (χ2v) is 5.16. The van der Waals surface area contributed by atoms with Gasteiger partial charge in [-0.25, -0.2) is 13.6 Å². The highest BCUT2D eigenvalue weighted by Crippen LogP contribution is 2.31. The van der Waals surface area contributed by atoms with Crippen molar-refractivity contribution in [2.45, 2.75) is 0 Å². The highest BCUT2D eigenvalue weighted by atomic mass is 79.9. The predicted octanol–water partition coefficient (Wildman–Crippen LogP) is 4.82. The molecule has 0 bridgehead atoms. The number of hydrogen-bond acceptors (Lipinski definition) is 2. The molecule has 0 radical (unpaired) electrons. The molecule has 104 valence electrons. The zero-order valence-electron chi connectivity index (χ0n) is 9.75. The van der Waals surface area contributed by atoms with Gasteiger partial charge in [-0.3, -0.25) is 0 Å². The van der Waals surface area contributed by atoms with Crippen molar-refractivity contribution >= 4 is 44.9 Å². The molecule has 0 saturated heterocycles. The smallest absolute Gasteiger partial charge is 0.335 e. The highest BCUT2D eigenvalue weighted by Gasteiger charge is 2.15. The van der Waals surface area contributed by atoms with Gasteiger partial charge in [0.05, 0.1) is 11.3 Å². The molecule has 0 fully saturated rings. The number of anilines is 2. The SMILES string of the molecule is O=C(O)c1cc(F)c(Nc2ccc(Cl)cc2Br)c(F)c1. The van der Waals surface area contributed by atoms with Crippen molar-refractivity contribution in [2.24, 2.45) is 0 Å². The fourth-order valence-corrected chi connectivity index (χ4v) is 2.32. The highest BCUT2D eigenvalue weighted by molar-refractivity contribution is 9.10. The Kier molecular flexibility index (Phi) is 4.25. The van der Waals surface area contributed by atoms with Gasteiger partial charge in [0, 0.05) is 9.50 Å². The van der Waals surface area contributed by atoms with Gasteiger partial charge in [-0.05, 0) is 46.3 Å². The van der Waals surface area contributed by atoms with Crippen LogP contribution in [0.1, 0.15) is 10.4 Å². The van der Waals surface area contributed by atoms with Crippen molar-refractivity contribution in [1.82, 2.24) is 0 Å². The van der Waals surface area contributed by atoms with E-state index < -0.39 is 28.9 Å². The van der Waals surface area contributed by atoms with Crippen molar-refractivity contribution in [3.8, 4) is 0 Å². The summed E-state index contributed by atoms with van der Waals surface area (Å²) in [4.78, 5) is 10.7. The van der Waals surface area contributed by atoms with Crippen LogP contribution in [0.4, 0.5) is 20.2 Å². The van der Waals surface area contributed by atoms with Gasteiger partial charge in [-0.2, -0.15) is 0 Å². The van der Waals surface area contributed by atoms with Crippen molar-refractivity contribution < 1.29 is 18.7 Å². The fourth-order valence-electron chi connectivity index (χ4n) is 1.54. The topological polar surface area (TPSA) is 49.3 Å². The third-order valence-corrected chi connectivity index (χ3v) is 3.37. The van der Waals surface area contributed by atoms with E-state index in [1.54, 1.807) is 12.1 Å². The van der Waals surface area contributed by atoms with E-state index >= 15 is 0 Å².